The van der Waals surface area contributed by atoms with Crippen molar-refractivity contribution in [3.05, 3.63) is 63.3 Å². The molecule has 0 aliphatic carbocycles. The smallest absolute Gasteiger partial charge is 0.362 e. The van der Waals surface area contributed by atoms with E-state index >= 15 is 0 Å². The van der Waals surface area contributed by atoms with Gasteiger partial charge < -0.3 is 8.83 Å². The van der Waals surface area contributed by atoms with Crippen LogP contribution in [0.15, 0.2) is 50.2 Å². The number of fused-ring (bicyclic) bond motifs is 1. The summed E-state index contributed by atoms with van der Waals surface area (Å²) in [6, 6.07) is 8.13. The largest absolute Gasteiger partial charge is 0.461 e. The van der Waals surface area contributed by atoms with E-state index in [1.165, 1.54) is 12.3 Å². The Bertz CT molecular complexity index is 952. The molecule has 0 bridgehead atoms. The van der Waals surface area contributed by atoms with Crippen LogP contribution in [0.2, 0.25) is 0 Å². The lowest BCUT2D eigenvalue weighted by Crippen LogP contribution is -2.28. The zero-order valence-electron chi connectivity index (χ0n) is 10.3. The molecular formula is C15H9NO4. The predicted octanol–water partition coefficient (Wildman–Crippen LogP) is 0.855. The Hall–Kier alpha value is -2.95. The van der Waals surface area contributed by atoms with Crippen molar-refractivity contribution < 1.29 is 13.6 Å². The molecule has 0 radical (unpaired) electrons. The average Bonchev–Trinajstić information content (AvgIpc) is 2.94. The molecular weight excluding hydrogens is 258 g/mol. The first-order chi connectivity index (χ1) is 9.63. The molecule has 0 N–H and O–H groups in total. The molecule has 3 rings (SSSR count). The molecule has 0 aliphatic rings. The number of hydrogen-bond acceptors (Lipinski definition) is 5. The van der Waals surface area contributed by atoms with Gasteiger partial charge >= 0.3 is 5.63 Å². The van der Waals surface area contributed by atoms with E-state index in [2.05, 4.69) is 11.6 Å². The monoisotopic (exact) mass is 267 g/mol. The van der Waals surface area contributed by atoms with Gasteiger partial charge in [-0.3, -0.25) is 4.79 Å². The Kier molecular flexibility index (Phi) is 2.80. The molecule has 0 atom stereocenters. The minimum Gasteiger partial charge on any atom is -0.461 e. The first-order valence-corrected chi connectivity index (χ1v) is 5.83. The van der Waals surface area contributed by atoms with E-state index in [-0.39, 0.29) is 11.1 Å². The highest BCUT2D eigenvalue weighted by Crippen LogP contribution is 2.03. The lowest BCUT2D eigenvalue weighted by Gasteiger charge is -1.94. The van der Waals surface area contributed by atoms with Crippen molar-refractivity contribution in [1.82, 2.24) is 4.98 Å². The summed E-state index contributed by atoms with van der Waals surface area (Å²) in [6.45, 7) is 3.74. The van der Waals surface area contributed by atoms with Gasteiger partial charge in [-0.15, -0.1) is 0 Å². The summed E-state index contributed by atoms with van der Waals surface area (Å²) in [5, 5.41) is 0.654. The molecule has 2 heterocycles. The first-order valence-electron chi connectivity index (χ1n) is 5.83. The Morgan fingerprint density at radius 1 is 1.30 bits per heavy atom. The molecule has 0 aliphatic heterocycles. The van der Waals surface area contributed by atoms with Crippen LogP contribution in [0.5, 0.6) is 0 Å². The Morgan fingerprint density at radius 2 is 2.15 bits per heavy atom. The number of ketones is 1. The highest BCUT2D eigenvalue weighted by Gasteiger charge is 2.07. The van der Waals surface area contributed by atoms with Crippen molar-refractivity contribution in [2.75, 3.05) is 0 Å². The van der Waals surface area contributed by atoms with Gasteiger partial charge in [0.25, 0.3) is 0 Å². The molecule has 3 aromatic rings. The number of hydrogen-bond donors (Lipinski definition) is 0. The maximum absolute atomic E-state index is 11.8. The minimum atomic E-state index is -0.678. The summed E-state index contributed by atoms with van der Waals surface area (Å²) in [5.74, 6) is -0.303. The lowest BCUT2D eigenvalue weighted by molar-refractivity contribution is 0.103. The molecule has 98 valence electrons. The molecule has 2 aromatic heterocycles. The van der Waals surface area contributed by atoms with Crippen molar-refractivity contribution in [1.29, 1.82) is 0 Å². The van der Waals surface area contributed by atoms with E-state index < -0.39 is 11.4 Å². The lowest BCUT2D eigenvalue weighted by atomic mass is 10.2. The SMILES string of the molecule is C=c1ccc2n/c(=C\C(=O)c3ccco3)c(=O)oc2c1. The quantitative estimate of drug-likeness (QED) is 0.644. The summed E-state index contributed by atoms with van der Waals surface area (Å²) in [4.78, 5) is 27.7. The van der Waals surface area contributed by atoms with Crippen LogP contribution >= 0.6 is 0 Å². The zero-order chi connectivity index (χ0) is 14.1. The van der Waals surface area contributed by atoms with E-state index in [1.807, 2.05) is 0 Å². The maximum atomic E-state index is 11.8. The zero-order valence-corrected chi connectivity index (χ0v) is 10.3. The van der Waals surface area contributed by atoms with Crippen molar-refractivity contribution >= 4 is 29.5 Å². The molecule has 0 saturated heterocycles. The normalized spacial score (nSPS) is 11.9. The summed E-state index contributed by atoms with van der Waals surface area (Å²) in [5.41, 5.74) is 0.142. The van der Waals surface area contributed by atoms with Crippen LogP contribution in [0, 0.1) is 0 Å². The number of nitrogens with zero attached hydrogens (tertiary/aromatic N) is 1. The van der Waals surface area contributed by atoms with Gasteiger partial charge in [0.2, 0.25) is 5.78 Å². The second kappa shape index (κ2) is 4.62. The van der Waals surface area contributed by atoms with Gasteiger partial charge in [-0.2, -0.15) is 0 Å². The van der Waals surface area contributed by atoms with Crippen LogP contribution in [0.25, 0.3) is 23.8 Å². The molecule has 5 heteroatoms. The Balaban J connectivity index is 2.19. The van der Waals surface area contributed by atoms with Crippen molar-refractivity contribution in [3.63, 3.8) is 0 Å². The number of aromatic nitrogens is 1. The van der Waals surface area contributed by atoms with Gasteiger partial charge in [0.05, 0.1) is 6.26 Å². The fraction of sp³-hybridized carbons (Fsp3) is 0. The average molecular weight is 267 g/mol. The van der Waals surface area contributed by atoms with Crippen molar-refractivity contribution in [3.8, 4) is 0 Å². The summed E-state index contributed by atoms with van der Waals surface area (Å²) in [7, 11) is 0. The summed E-state index contributed by atoms with van der Waals surface area (Å²) in [6.07, 6.45) is 2.48. The number of carbonyl (C=O) groups excluding carboxylic acids is 1. The molecule has 0 amide bonds. The van der Waals surface area contributed by atoms with E-state index in [4.69, 9.17) is 8.83 Å². The minimum absolute atomic E-state index is 0.0595. The van der Waals surface area contributed by atoms with Crippen LogP contribution in [-0.2, 0) is 0 Å². The van der Waals surface area contributed by atoms with Crippen LogP contribution in [0.4, 0.5) is 0 Å². The fourth-order valence-electron chi connectivity index (χ4n) is 1.77. The number of rotatable bonds is 2. The first kappa shape index (κ1) is 12.1. The van der Waals surface area contributed by atoms with E-state index in [1.54, 1.807) is 24.3 Å². The standard InChI is InChI=1S/C15H9NO4/c1-9-4-5-10-14(7-9)20-15(18)11(16-10)8-12(17)13-3-2-6-19-13/h2-8H,1H2/b11-8-. The molecule has 0 fully saturated rings. The van der Waals surface area contributed by atoms with Gasteiger partial charge in [-0.05, 0) is 29.5 Å². The summed E-state index contributed by atoms with van der Waals surface area (Å²) < 4.78 is 10.1. The highest BCUT2D eigenvalue weighted by atomic mass is 16.4. The molecule has 1 aromatic carbocycles. The molecule has 20 heavy (non-hydrogen) atoms. The second-order valence-corrected chi connectivity index (χ2v) is 4.17. The molecule has 5 nitrogen and oxygen atoms in total. The van der Waals surface area contributed by atoms with Crippen LogP contribution in [0.3, 0.4) is 0 Å². The fourth-order valence-corrected chi connectivity index (χ4v) is 1.77. The molecule has 0 spiro atoms. The number of carbonyl (C=O) groups is 1. The van der Waals surface area contributed by atoms with Crippen LogP contribution in [0.1, 0.15) is 10.6 Å². The van der Waals surface area contributed by atoms with Gasteiger partial charge in [-0.25, -0.2) is 9.78 Å². The van der Waals surface area contributed by atoms with E-state index in [0.29, 0.717) is 16.3 Å². The second-order valence-electron chi connectivity index (χ2n) is 4.17. The third kappa shape index (κ3) is 2.16. The van der Waals surface area contributed by atoms with Gasteiger partial charge in [0.15, 0.2) is 16.7 Å². The van der Waals surface area contributed by atoms with E-state index in [0.717, 1.165) is 6.08 Å². The van der Waals surface area contributed by atoms with Gasteiger partial charge in [0, 0.05) is 6.08 Å². The Labute approximate surface area is 112 Å². The number of benzene rings is 1. The van der Waals surface area contributed by atoms with Crippen molar-refractivity contribution in [2.45, 2.75) is 0 Å². The topological polar surface area (TPSA) is 73.3 Å². The van der Waals surface area contributed by atoms with E-state index in [9.17, 15) is 9.59 Å². The highest BCUT2D eigenvalue weighted by molar-refractivity contribution is 6.15. The number of furan rings is 1. The van der Waals surface area contributed by atoms with Gasteiger partial charge in [0.1, 0.15) is 5.52 Å². The van der Waals surface area contributed by atoms with Crippen LogP contribution in [-0.4, -0.2) is 10.8 Å². The molecule has 0 unspecified atom stereocenters. The van der Waals surface area contributed by atoms with Crippen molar-refractivity contribution in [2.24, 2.45) is 0 Å². The third-order valence-electron chi connectivity index (χ3n) is 2.71. The maximum Gasteiger partial charge on any atom is 0.362 e. The summed E-state index contributed by atoms with van der Waals surface area (Å²) >= 11 is 0. The van der Waals surface area contributed by atoms with Crippen LogP contribution < -0.4 is 16.2 Å². The molecule has 0 saturated carbocycles. The number of Topliss-reactive ketones (excluding diaryl/α,β-unsaturated/α-hetero) is 1. The van der Waals surface area contributed by atoms with Gasteiger partial charge in [-0.1, -0.05) is 12.6 Å². The predicted molar refractivity (Wildman–Crippen MR) is 72.6 cm³/mol. The Morgan fingerprint density at radius 3 is 2.90 bits per heavy atom. The third-order valence-corrected chi connectivity index (χ3v) is 2.71.